The number of hydrogen-bond acceptors (Lipinski definition) is 4. The molecule has 0 spiro atoms. The number of nitriles is 1. The third-order valence-electron chi connectivity index (χ3n) is 5.34. The third kappa shape index (κ3) is 4.07. The molecule has 0 unspecified atom stereocenters. The first-order chi connectivity index (χ1) is 15.8. The maximum absolute atomic E-state index is 9.58. The molecule has 2 aromatic heterocycles. The molecule has 5 nitrogen and oxygen atoms in total. The highest BCUT2D eigenvalue weighted by molar-refractivity contribution is 5.75. The lowest BCUT2D eigenvalue weighted by atomic mass is 10.0. The van der Waals surface area contributed by atoms with Gasteiger partial charge in [0.05, 0.1) is 23.9 Å². The van der Waals surface area contributed by atoms with E-state index in [4.69, 9.17) is 4.74 Å². The van der Waals surface area contributed by atoms with E-state index in [2.05, 4.69) is 26.7 Å². The average molecular weight is 416 g/mol. The third-order valence-corrected chi connectivity index (χ3v) is 5.34. The first-order valence-electron chi connectivity index (χ1n) is 10.4. The van der Waals surface area contributed by atoms with E-state index < -0.39 is 0 Å². The summed E-state index contributed by atoms with van der Waals surface area (Å²) in [6.07, 6.45) is 3.59. The molecule has 3 aromatic carbocycles. The van der Waals surface area contributed by atoms with Gasteiger partial charge in [-0.3, -0.25) is 0 Å². The van der Waals surface area contributed by atoms with Crippen molar-refractivity contribution in [2.24, 2.45) is 0 Å². The standard InChI is InChI=1S/C27H20N4O/c28-15-26-24(22-10-12-23(13-11-22)32-18-20-6-2-1-3-7-20)14-21(16-29-26)17-31-19-30-25-8-4-5-9-27(25)31/h1-14,16,19H,17-18H2. The van der Waals surface area contributed by atoms with E-state index in [9.17, 15) is 5.26 Å². The lowest BCUT2D eigenvalue weighted by Crippen LogP contribution is -2.00. The van der Waals surface area contributed by atoms with Gasteiger partial charge in [-0.25, -0.2) is 9.97 Å². The van der Waals surface area contributed by atoms with Gasteiger partial charge in [0, 0.05) is 11.8 Å². The largest absolute Gasteiger partial charge is 0.489 e. The highest BCUT2D eigenvalue weighted by Crippen LogP contribution is 2.26. The van der Waals surface area contributed by atoms with Crippen LogP contribution in [0.4, 0.5) is 0 Å². The first kappa shape index (κ1) is 19.5. The number of pyridine rings is 1. The highest BCUT2D eigenvalue weighted by atomic mass is 16.5. The summed E-state index contributed by atoms with van der Waals surface area (Å²) in [6, 6.07) is 30.1. The SMILES string of the molecule is N#Cc1ncc(Cn2cnc3ccccc32)cc1-c1ccc(OCc2ccccc2)cc1. The Hall–Kier alpha value is -4.43. The Morgan fingerprint density at radius 3 is 2.44 bits per heavy atom. The van der Waals surface area contributed by atoms with Crippen LogP contribution in [0.25, 0.3) is 22.2 Å². The molecule has 5 aromatic rings. The lowest BCUT2D eigenvalue weighted by Gasteiger charge is -2.10. The Morgan fingerprint density at radius 1 is 0.844 bits per heavy atom. The Morgan fingerprint density at radius 2 is 1.62 bits per heavy atom. The molecule has 0 saturated carbocycles. The van der Waals surface area contributed by atoms with Crippen molar-refractivity contribution in [3.05, 3.63) is 114 Å². The Bertz CT molecular complexity index is 1400. The van der Waals surface area contributed by atoms with E-state index in [1.54, 1.807) is 6.20 Å². The lowest BCUT2D eigenvalue weighted by molar-refractivity contribution is 0.306. The first-order valence-corrected chi connectivity index (χ1v) is 10.4. The number of hydrogen-bond donors (Lipinski definition) is 0. The van der Waals surface area contributed by atoms with Crippen LogP contribution < -0.4 is 4.74 Å². The molecule has 0 atom stereocenters. The predicted molar refractivity (Wildman–Crippen MR) is 124 cm³/mol. The van der Waals surface area contributed by atoms with Crippen LogP contribution in [0.2, 0.25) is 0 Å². The number of fused-ring (bicyclic) bond motifs is 1. The zero-order valence-electron chi connectivity index (χ0n) is 17.3. The van der Waals surface area contributed by atoms with E-state index in [0.29, 0.717) is 18.8 Å². The van der Waals surface area contributed by atoms with E-state index in [1.807, 2.05) is 85.2 Å². The number of imidazole rings is 1. The summed E-state index contributed by atoms with van der Waals surface area (Å²) >= 11 is 0. The van der Waals surface area contributed by atoms with Crippen molar-refractivity contribution < 1.29 is 4.74 Å². The Balaban J connectivity index is 1.38. The van der Waals surface area contributed by atoms with Gasteiger partial charge in [-0.1, -0.05) is 54.6 Å². The number of rotatable bonds is 6. The molecule has 0 aliphatic heterocycles. The molecular formula is C27H20N4O. The van der Waals surface area contributed by atoms with Crippen LogP contribution in [0, 0.1) is 11.3 Å². The molecule has 2 heterocycles. The van der Waals surface area contributed by atoms with Gasteiger partial charge in [-0.2, -0.15) is 5.26 Å². The summed E-state index contributed by atoms with van der Waals surface area (Å²) in [5.74, 6) is 0.783. The molecule has 32 heavy (non-hydrogen) atoms. The van der Waals surface area contributed by atoms with Gasteiger partial charge in [-0.15, -0.1) is 0 Å². The smallest absolute Gasteiger partial charge is 0.148 e. The topological polar surface area (TPSA) is 63.7 Å². The molecule has 0 saturated heterocycles. The monoisotopic (exact) mass is 416 g/mol. The normalized spacial score (nSPS) is 10.7. The summed E-state index contributed by atoms with van der Waals surface area (Å²) in [6.45, 7) is 1.14. The predicted octanol–water partition coefficient (Wildman–Crippen LogP) is 5.60. The minimum atomic E-state index is 0.405. The van der Waals surface area contributed by atoms with Gasteiger partial charge < -0.3 is 9.30 Å². The molecule has 0 radical (unpaired) electrons. The molecule has 154 valence electrons. The Labute approximate surface area is 186 Å². The van der Waals surface area contributed by atoms with Gasteiger partial charge in [0.25, 0.3) is 0 Å². The average Bonchev–Trinajstić information content (AvgIpc) is 3.26. The summed E-state index contributed by atoms with van der Waals surface area (Å²) in [4.78, 5) is 8.86. The maximum atomic E-state index is 9.58. The quantitative estimate of drug-likeness (QED) is 0.362. The fourth-order valence-electron chi connectivity index (χ4n) is 3.71. The summed E-state index contributed by atoms with van der Waals surface area (Å²) < 4.78 is 7.97. The molecule has 0 aliphatic carbocycles. The van der Waals surface area contributed by atoms with Gasteiger partial charge >= 0.3 is 0 Å². The highest BCUT2D eigenvalue weighted by Gasteiger charge is 2.10. The van der Waals surface area contributed by atoms with Crippen molar-refractivity contribution >= 4 is 11.0 Å². The molecule has 0 amide bonds. The molecule has 0 N–H and O–H groups in total. The van der Waals surface area contributed by atoms with Crippen molar-refractivity contribution in [3.63, 3.8) is 0 Å². The molecule has 0 bridgehead atoms. The van der Waals surface area contributed by atoms with E-state index >= 15 is 0 Å². The van der Waals surface area contributed by atoms with Crippen LogP contribution in [0.1, 0.15) is 16.8 Å². The fourth-order valence-corrected chi connectivity index (χ4v) is 3.71. The number of aromatic nitrogens is 3. The van der Waals surface area contributed by atoms with Crippen molar-refractivity contribution in [2.75, 3.05) is 0 Å². The van der Waals surface area contributed by atoms with E-state index in [0.717, 1.165) is 39.0 Å². The number of para-hydroxylation sites is 2. The van der Waals surface area contributed by atoms with Crippen molar-refractivity contribution in [3.8, 4) is 22.9 Å². The van der Waals surface area contributed by atoms with Gasteiger partial charge in [-0.05, 0) is 47.0 Å². The molecule has 5 rings (SSSR count). The summed E-state index contributed by atoms with van der Waals surface area (Å²) in [5, 5.41) is 9.58. The van der Waals surface area contributed by atoms with Gasteiger partial charge in [0.2, 0.25) is 0 Å². The fraction of sp³-hybridized carbons (Fsp3) is 0.0741. The van der Waals surface area contributed by atoms with Crippen LogP contribution in [0.15, 0.2) is 97.5 Å². The zero-order valence-corrected chi connectivity index (χ0v) is 17.3. The van der Waals surface area contributed by atoms with E-state index in [1.165, 1.54) is 0 Å². The molecule has 0 fully saturated rings. The van der Waals surface area contributed by atoms with Gasteiger partial charge in [0.15, 0.2) is 0 Å². The van der Waals surface area contributed by atoms with Crippen LogP contribution >= 0.6 is 0 Å². The van der Waals surface area contributed by atoms with Crippen molar-refractivity contribution in [2.45, 2.75) is 13.2 Å². The minimum absolute atomic E-state index is 0.405. The van der Waals surface area contributed by atoms with Crippen molar-refractivity contribution in [1.82, 2.24) is 14.5 Å². The number of nitrogens with zero attached hydrogens (tertiary/aromatic N) is 4. The summed E-state index contributed by atoms with van der Waals surface area (Å²) in [5.41, 5.74) is 6.29. The van der Waals surface area contributed by atoms with Crippen LogP contribution in [-0.4, -0.2) is 14.5 Å². The maximum Gasteiger partial charge on any atom is 0.148 e. The van der Waals surface area contributed by atoms with Crippen LogP contribution in [0.3, 0.4) is 0 Å². The Kier molecular flexibility index (Phi) is 5.34. The second-order valence-corrected chi connectivity index (χ2v) is 7.51. The van der Waals surface area contributed by atoms with Gasteiger partial charge in [0.1, 0.15) is 24.1 Å². The van der Waals surface area contributed by atoms with E-state index in [-0.39, 0.29) is 0 Å². The molecule has 5 heteroatoms. The van der Waals surface area contributed by atoms with Crippen LogP contribution in [0.5, 0.6) is 5.75 Å². The minimum Gasteiger partial charge on any atom is -0.489 e. The van der Waals surface area contributed by atoms with Crippen LogP contribution in [-0.2, 0) is 13.2 Å². The second-order valence-electron chi connectivity index (χ2n) is 7.51. The second kappa shape index (κ2) is 8.75. The van der Waals surface area contributed by atoms with Crippen molar-refractivity contribution in [1.29, 1.82) is 5.26 Å². The number of benzene rings is 3. The summed E-state index contributed by atoms with van der Waals surface area (Å²) in [7, 11) is 0. The zero-order chi connectivity index (χ0) is 21.8. The molecular weight excluding hydrogens is 396 g/mol. The molecule has 0 aliphatic rings. The number of ether oxygens (including phenoxy) is 1.